The molecule has 0 saturated heterocycles. The Labute approximate surface area is 98.2 Å². The van der Waals surface area contributed by atoms with Gasteiger partial charge in [-0.2, -0.15) is 0 Å². The van der Waals surface area contributed by atoms with Gasteiger partial charge in [-0.05, 0) is 25.8 Å². The van der Waals surface area contributed by atoms with Crippen molar-refractivity contribution >= 4 is 5.78 Å². The van der Waals surface area contributed by atoms with E-state index >= 15 is 0 Å². The molecule has 0 amide bonds. The van der Waals surface area contributed by atoms with Gasteiger partial charge in [-0.25, -0.2) is 0 Å². The number of benzene rings is 1. The van der Waals surface area contributed by atoms with Gasteiger partial charge in [0.1, 0.15) is 5.78 Å². The van der Waals surface area contributed by atoms with Gasteiger partial charge < -0.3 is 0 Å². The van der Waals surface area contributed by atoms with Crippen molar-refractivity contribution in [3.05, 3.63) is 48.0 Å². The molecular formula is C15H20O. The van der Waals surface area contributed by atoms with Crippen molar-refractivity contribution in [3.63, 3.8) is 0 Å². The molecule has 0 atom stereocenters. The molecule has 86 valence electrons. The molecule has 1 rings (SSSR count). The highest BCUT2D eigenvalue weighted by molar-refractivity contribution is 5.90. The van der Waals surface area contributed by atoms with Crippen LogP contribution in [-0.4, -0.2) is 5.78 Å². The molecule has 0 aromatic heterocycles. The molecule has 0 saturated carbocycles. The van der Waals surface area contributed by atoms with Crippen LogP contribution in [0.4, 0.5) is 0 Å². The van der Waals surface area contributed by atoms with E-state index in [4.69, 9.17) is 0 Å². The lowest BCUT2D eigenvalue weighted by molar-refractivity contribution is -0.122. The molecule has 1 aromatic carbocycles. The van der Waals surface area contributed by atoms with Crippen LogP contribution in [0.15, 0.2) is 42.5 Å². The summed E-state index contributed by atoms with van der Waals surface area (Å²) >= 11 is 0. The van der Waals surface area contributed by atoms with Crippen molar-refractivity contribution in [2.24, 2.45) is 0 Å². The molecule has 0 radical (unpaired) electrons. The van der Waals surface area contributed by atoms with Crippen LogP contribution in [0.5, 0.6) is 0 Å². The fourth-order valence-electron chi connectivity index (χ4n) is 1.59. The summed E-state index contributed by atoms with van der Waals surface area (Å²) in [6.07, 6.45) is 1.36. The highest BCUT2D eigenvalue weighted by Crippen LogP contribution is 2.26. The zero-order valence-corrected chi connectivity index (χ0v) is 10.4. The van der Waals surface area contributed by atoms with Gasteiger partial charge in [0.05, 0.1) is 0 Å². The van der Waals surface area contributed by atoms with Crippen LogP contribution in [0.25, 0.3) is 0 Å². The number of carbonyl (C=O) groups excluding carboxylic acids is 1. The lowest BCUT2D eigenvalue weighted by Crippen LogP contribution is -2.29. The topological polar surface area (TPSA) is 17.1 Å². The Morgan fingerprint density at radius 2 is 1.81 bits per heavy atom. The number of rotatable bonds is 5. The molecule has 0 bridgehead atoms. The van der Waals surface area contributed by atoms with Crippen LogP contribution in [-0.2, 0) is 10.2 Å². The quantitative estimate of drug-likeness (QED) is 0.682. The standard InChI is InChI=1S/C15H20O/c1-5-12(2)11-14(16)15(3,4)13-9-7-6-8-10-13/h6-10H,2,5,11H2,1,3-4H3. The second-order valence-electron chi connectivity index (χ2n) is 4.69. The molecule has 0 unspecified atom stereocenters. The lowest BCUT2D eigenvalue weighted by atomic mass is 9.78. The van der Waals surface area contributed by atoms with Crippen LogP contribution in [0.1, 0.15) is 39.2 Å². The third-order valence-electron chi connectivity index (χ3n) is 3.10. The molecule has 0 aliphatic rings. The average Bonchev–Trinajstić information content (AvgIpc) is 2.29. The molecule has 1 heteroatoms. The van der Waals surface area contributed by atoms with E-state index in [0.29, 0.717) is 6.42 Å². The maximum atomic E-state index is 12.2. The van der Waals surface area contributed by atoms with Crippen LogP contribution in [0.2, 0.25) is 0 Å². The number of ketones is 1. The van der Waals surface area contributed by atoms with E-state index in [-0.39, 0.29) is 5.78 Å². The van der Waals surface area contributed by atoms with E-state index in [1.807, 2.05) is 51.1 Å². The van der Waals surface area contributed by atoms with Gasteiger partial charge in [0.25, 0.3) is 0 Å². The molecule has 1 aromatic rings. The Morgan fingerprint density at radius 1 is 1.25 bits per heavy atom. The molecule has 0 heterocycles. The maximum absolute atomic E-state index is 12.2. The molecular weight excluding hydrogens is 196 g/mol. The Kier molecular flexibility index (Phi) is 4.05. The smallest absolute Gasteiger partial charge is 0.146 e. The summed E-state index contributed by atoms with van der Waals surface area (Å²) in [6.45, 7) is 9.89. The number of Topliss-reactive ketones (excluding diaryl/α,β-unsaturated/α-hetero) is 1. The highest BCUT2D eigenvalue weighted by Gasteiger charge is 2.28. The lowest BCUT2D eigenvalue weighted by Gasteiger charge is -2.24. The van der Waals surface area contributed by atoms with Crippen LogP contribution in [0, 0.1) is 0 Å². The fourth-order valence-corrected chi connectivity index (χ4v) is 1.59. The van der Waals surface area contributed by atoms with E-state index in [0.717, 1.165) is 17.6 Å². The average molecular weight is 216 g/mol. The minimum atomic E-state index is -0.417. The summed E-state index contributed by atoms with van der Waals surface area (Å²) < 4.78 is 0. The van der Waals surface area contributed by atoms with Crippen molar-refractivity contribution < 1.29 is 4.79 Å². The Morgan fingerprint density at radius 3 is 2.31 bits per heavy atom. The van der Waals surface area contributed by atoms with Crippen molar-refractivity contribution in [1.29, 1.82) is 0 Å². The normalized spacial score (nSPS) is 11.2. The van der Waals surface area contributed by atoms with Gasteiger partial charge in [-0.15, -0.1) is 0 Å². The fraction of sp³-hybridized carbons (Fsp3) is 0.400. The molecule has 0 N–H and O–H groups in total. The first kappa shape index (κ1) is 12.7. The minimum absolute atomic E-state index is 0.241. The molecule has 0 spiro atoms. The molecule has 0 fully saturated rings. The number of hydrogen-bond acceptors (Lipinski definition) is 1. The summed E-state index contributed by atoms with van der Waals surface area (Å²) in [5.74, 6) is 0.241. The van der Waals surface area contributed by atoms with Crippen LogP contribution in [0.3, 0.4) is 0 Å². The Bertz CT molecular complexity index is 374. The van der Waals surface area contributed by atoms with Gasteiger partial charge in [0, 0.05) is 11.8 Å². The molecule has 0 aliphatic carbocycles. The molecule has 16 heavy (non-hydrogen) atoms. The van der Waals surface area contributed by atoms with Gasteiger partial charge >= 0.3 is 0 Å². The predicted molar refractivity (Wildman–Crippen MR) is 68.5 cm³/mol. The maximum Gasteiger partial charge on any atom is 0.146 e. The molecule has 0 aliphatic heterocycles. The van der Waals surface area contributed by atoms with Crippen molar-refractivity contribution in [1.82, 2.24) is 0 Å². The predicted octanol–water partition coefficient (Wildman–Crippen LogP) is 3.89. The number of hydrogen-bond donors (Lipinski definition) is 0. The highest BCUT2D eigenvalue weighted by atomic mass is 16.1. The van der Waals surface area contributed by atoms with Crippen LogP contribution < -0.4 is 0 Å². The number of carbonyl (C=O) groups is 1. The molecule has 1 nitrogen and oxygen atoms in total. The van der Waals surface area contributed by atoms with E-state index in [2.05, 4.69) is 6.58 Å². The van der Waals surface area contributed by atoms with Gasteiger partial charge in [-0.1, -0.05) is 49.4 Å². The van der Waals surface area contributed by atoms with Crippen molar-refractivity contribution in [3.8, 4) is 0 Å². The SMILES string of the molecule is C=C(CC)CC(=O)C(C)(C)c1ccccc1. The summed E-state index contributed by atoms with van der Waals surface area (Å²) in [7, 11) is 0. The van der Waals surface area contributed by atoms with E-state index in [9.17, 15) is 4.79 Å². The van der Waals surface area contributed by atoms with Crippen LogP contribution >= 0.6 is 0 Å². The summed E-state index contributed by atoms with van der Waals surface area (Å²) in [5.41, 5.74) is 1.66. The van der Waals surface area contributed by atoms with Gasteiger partial charge in [0.2, 0.25) is 0 Å². The third kappa shape index (κ3) is 2.82. The Hall–Kier alpha value is -1.37. The van der Waals surface area contributed by atoms with E-state index in [1.165, 1.54) is 0 Å². The minimum Gasteiger partial charge on any atom is -0.298 e. The van der Waals surface area contributed by atoms with E-state index in [1.54, 1.807) is 0 Å². The summed E-state index contributed by atoms with van der Waals surface area (Å²) in [4.78, 5) is 12.2. The first-order chi connectivity index (χ1) is 7.48. The van der Waals surface area contributed by atoms with Crippen molar-refractivity contribution in [2.75, 3.05) is 0 Å². The first-order valence-electron chi connectivity index (χ1n) is 5.74. The van der Waals surface area contributed by atoms with Crippen molar-refractivity contribution in [2.45, 2.75) is 39.0 Å². The van der Waals surface area contributed by atoms with Gasteiger partial charge in [-0.3, -0.25) is 4.79 Å². The summed E-state index contributed by atoms with van der Waals surface area (Å²) in [5, 5.41) is 0. The largest absolute Gasteiger partial charge is 0.298 e. The van der Waals surface area contributed by atoms with E-state index < -0.39 is 5.41 Å². The zero-order valence-electron chi connectivity index (χ0n) is 10.4. The third-order valence-corrected chi connectivity index (χ3v) is 3.10. The second-order valence-corrected chi connectivity index (χ2v) is 4.69. The Balaban J connectivity index is 2.86. The summed E-state index contributed by atoms with van der Waals surface area (Å²) in [6, 6.07) is 9.92. The monoisotopic (exact) mass is 216 g/mol. The first-order valence-corrected chi connectivity index (χ1v) is 5.74. The van der Waals surface area contributed by atoms with Gasteiger partial charge in [0.15, 0.2) is 0 Å². The zero-order chi connectivity index (χ0) is 12.2. The second kappa shape index (κ2) is 5.11. The number of allylic oxidation sites excluding steroid dienone is 1.